The molecule has 1 amide bonds. The van der Waals surface area contributed by atoms with Crippen LogP contribution in [0.25, 0.3) is 0 Å². The van der Waals surface area contributed by atoms with Crippen LogP contribution in [-0.4, -0.2) is 46.1 Å². The van der Waals surface area contributed by atoms with Gasteiger partial charge in [-0.1, -0.05) is 346 Å². The van der Waals surface area contributed by atoms with E-state index in [1.807, 2.05) is 0 Å². The standard InChI is InChI=1S/C67H131NO4/c1-3-5-7-9-11-13-15-17-19-21-23-25-27-28-29-30-31-32-33-34-35-36-37-38-39-40-42-44-46-48-50-52-54-56-58-60-64(70)62-67(72)68-65(63-69)66(71)61-59-57-55-53-51-49-47-45-43-41-26-24-22-20-18-16-14-12-10-8-6-4-2/h29-30,32-33,64-66,69-71H,3-28,31,34-63H2,1-2H3,(H,68,72)/b30-29-,33-32-. The molecule has 3 atom stereocenters. The largest absolute Gasteiger partial charge is 0.394 e. The number of hydrogen-bond acceptors (Lipinski definition) is 4. The van der Waals surface area contributed by atoms with Crippen molar-refractivity contribution >= 4 is 5.91 Å². The number of amides is 1. The topological polar surface area (TPSA) is 89.8 Å². The van der Waals surface area contributed by atoms with E-state index in [1.54, 1.807) is 0 Å². The molecule has 0 rings (SSSR count). The first kappa shape index (κ1) is 70.8. The van der Waals surface area contributed by atoms with Crippen LogP contribution in [0.3, 0.4) is 0 Å². The number of aliphatic hydroxyl groups is 3. The minimum absolute atomic E-state index is 0.0397. The first-order valence-corrected chi connectivity index (χ1v) is 33.1. The molecule has 0 aliphatic rings. The van der Waals surface area contributed by atoms with Gasteiger partial charge in [0, 0.05) is 0 Å². The van der Waals surface area contributed by atoms with E-state index < -0.39 is 18.2 Å². The normalized spacial score (nSPS) is 13.2. The summed E-state index contributed by atoms with van der Waals surface area (Å²) in [6, 6.07) is -0.658. The van der Waals surface area contributed by atoms with Crippen LogP contribution in [0, 0.1) is 0 Å². The van der Waals surface area contributed by atoms with Gasteiger partial charge in [0.25, 0.3) is 0 Å². The van der Waals surface area contributed by atoms with Gasteiger partial charge in [0.2, 0.25) is 5.91 Å². The van der Waals surface area contributed by atoms with E-state index in [-0.39, 0.29) is 18.9 Å². The molecule has 0 aromatic heterocycles. The van der Waals surface area contributed by atoms with Crippen LogP contribution < -0.4 is 5.32 Å². The maximum atomic E-state index is 12.6. The summed E-state index contributed by atoms with van der Waals surface area (Å²) < 4.78 is 0. The van der Waals surface area contributed by atoms with Crippen LogP contribution >= 0.6 is 0 Å². The summed E-state index contributed by atoms with van der Waals surface area (Å²) in [5.41, 5.74) is 0. The Hall–Kier alpha value is -1.17. The zero-order chi connectivity index (χ0) is 52.2. The average Bonchev–Trinajstić information content (AvgIpc) is 3.38. The molecule has 0 aliphatic carbocycles. The molecule has 0 saturated carbocycles. The number of carbonyl (C=O) groups is 1. The highest BCUT2D eigenvalue weighted by molar-refractivity contribution is 5.76. The molecule has 5 heteroatoms. The van der Waals surface area contributed by atoms with Gasteiger partial charge in [0.15, 0.2) is 0 Å². The number of rotatable bonds is 62. The molecule has 72 heavy (non-hydrogen) atoms. The van der Waals surface area contributed by atoms with E-state index in [4.69, 9.17) is 0 Å². The molecular weight excluding hydrogens is 883 g/mol. The fourth-order valence-corrected chi connectivity index (χ4v) is 10.7. The van der Waals surface area contributed by atoms with Crippen molar-refractivity contribution in [3.05, 3.63) is 24.3 Å². The lowest BCUT2D eigenvalue weighted by molar-refractivity contribution is -0.125. The highest BCUT2D eigenvalue weighted by Gasteiger charge is 2.21. The number of unbranched alkanes of at least 4 members (excludes halogenated alkanes) is 49. The molecule has 0 bridgehead atoms. The maximum Gasteiger partial charge on any atom is 0.222 e. The molecule has 0 saturated heterocycles. The Morgan fingerprint density at radius 3 is 0.875 bits per heavy atom. The van der Waals surface area contributed by atoms with E-state index >= 15 is 0 Å². The minimum Gasteiger partial charge on any atom is -0.394 e. The SMILES string of the molecule is CCCCCCCCCCCCCCC/C=C\C/C=C\CCCCCCCCCCCCCCCCCC(O)CC(=O)NC(CO)C(O)CCCCCCCCCCCCCCCCCCCCCCCC. The van der Waals surface area contributed by atoms with Crippen molar-refractivity contribution in [1.82, 2.24) is 5.32 Å². The summed E-state index contributed by atoms with van der Waals surface area (Å²) in [7, 11) is 0. The third kappa shape index (κ3) is 58.1. The number of carbonyl (C=O) groups excluding carboxylic acids is 1. The fraction of sp³-hybridized carbons (Fsp3) is 0.925. The molecule has 0 aromatic carbocycles. The average molecular weight is 1010 g/mol. The zero-order valence-corrected chi connectivity index (χ0v) is 49.1. The highest BCUT2D eigenvalue weighted by Crippen LogP contribution is 2.19. The molecule has 428 valence electrons. The second kappa shape index (κ2) is 62.4. The quantitative estimate of drug-likeness (QED) is 0.0361. The summed E-state index contributed by atoms with van der Waals surface area (Å²) in [6.45, 7) is 4.31. The highest BCUT2D eigenvalue weighted by atomic mass is 16.3. The van der Waals surface area contributed by atoms with Crippen molar-refractivity contribution < 1.29 is 20.1 Å². The smallest absolute Gasteiger partial charge is 0.222 e. The lowest BCUT2D eigenvalue weighted by Gasteiger charge is -2.23. The number of allylic oxidation sites excluding steroid dienone is 4. The maximum absolute atomic E-state index is 12.6. The molecule has 0 aromatic rings. The van der Waals surface area contributed by atoms with Crippen LogP contribution in [0.2, 0.25) is 0 Å². The summed E-state index contributed by atoms with van der Waals surface area (Å²) in [5.74, 6) is -0.276. The lowest BCUT2D eigenvalue weighted by Crippen LogP contribution is -2.46. The Balaban J connectivity index is 3.47. The Labute approximate surface area is 452 Å². The van der Waals surface area contributed by atoms with E-state index in [0.29, 0.717) is 12.8 Å². The van der Waals surface area contributed by atoms with Gasteiger partial charge in [-0.25, -0.2) is 0 Å². The molecule has 0 fully saturated rings. The monoisotopic (exact) mass is 1010 g/mol. The fourth-order valence-electron chi connectivity index (χ4n) is 10.7. The predicted octanol–water partition coefficient (Wildman–Crippen LogP) is 21.2. The molecule has 0 heterocycles. The van der Waals surface area contributed by atoms with Gasteiger partial charge in [0.05, 0.1) is 31.3 Å². The molecule has 4 N–H and O–H groups in total. The van der Waals surface area contributed by atoms with Crippen LogP contribution in [-0.2, 0) is 4.79 Å². The van der Waals surface area contributed by atoms with Crippen molar-refractivity contribution in [2.75, 3.05) is 6.61 Å². The van der Waals surface area contributed by atoms with Gasteiger partial charge in [0.1, 0.15) is 0 Å². The van der Waals surface area contributed by atoms with Gasteiger partial charge >= 0.3 is 0 Å². The minimum atomic E-state index is -0.749. The summed E-state index contributed by atoms with van der Waals surface area (Å²) >= 11 is 0. The van der Waals surface area contributed by atoms with Crippen LogP contribution in [0.5, 0.6) is 0 Å². The lowest BCUT2D eigenvalue weighted by atomic mass is 10.0. The van der Waals surface area contributed by atoms with Crippen molar-refractivity contribution in [3.63, 3.8) is 0 Å². The Bertz CT molecular complexity index is 1080. The predicted molar refractivity (Wildman–Crippen MR) is 319 cm³/mol. The van der Waals surface area contributed by atoms with E-state index in [9.17, 15) is 20.1 Å². The molecular formula is C67H131NO4. The van der Waals surface area contributed by atoms with Crippen molar-refractivity contribution in [2.45, 2.75) is 392 Å². The number of hydrogen-bond donors (Lipinski definition) is 4. The second-order valence-electron chi connectivity index (χ2n) is 23.1. The molecule has 3 unspecified atom stereocenters. The molecule has 0 spiro atoms. The van der Waals surface area contributed by atoms with Crippen LogP contribution in [0.4, 0.5) is 0 Å². The van der Waals surface area contributed by atoms with Gasteiger partial charge in [-0.05, 0) is 44.9 Å². The zero-order valence-electron chi connectivity index (χ0n) is 49.1. The molecule has 5 nitrogen and oxygen atoms in total. The third-order valence-corrected chi connectivity index (χ3v) is 15.8. The summed E-state index contributed by atoms with van der Waals surface area (Å²) in [5, 5.41) is 33.8. The Morgan fingerprint density at radius 2 is 0.597 bits per heavy atom. The molecule has 0 radical (unpaired) electrons. The third-order valence-electron chi connectivity index (χ3n) is 15.8. The van der Waals surface area contributed by atoms with Gasteiger partial charge in [-0.2, -0.15) is 0 Å². The number of aliphatic hydroxyl groups excluding tert-OH is 3. The summed E-state index contributed by atoms with van der Waals surface area (Å²) in [6.07, 6.45) is 80.9. The van der Waals surface area contributed by atoms with Crippen molar-refractivity contribution in [1.29, 1.82) is 0 Å². The first-order valence-electron chi connectivity index (χ1n) is 33.1. The van der Waals surface area contributed by atoms with Gasteiger partial charge in [-0.3, -0.25) is 4.79 Å². The van der Waals surface area contributed by atoms with Crippen molar-refractivity contribution in [2.24, 2.45) is 0 Å². The summed E-state index contributed by atoms with van der Waals surface area (Å²) in [4.78, 5) is 12.6. The van der Waals surface area contributed by atoms with Crippen LogP contribution in [0.15, 0.2) is 24.3 Å². The number of nitrogens with one attached hydrogen (secondary N) is 1. The van der Waals surface area contributed by atoms with Gasteiger partial charge in [-0.15, -0.1) is 0 Å². The molecule has 0 aliphatic heterocycles. The Kier molecular flexibility index (Phi) is 61.4. The van der Waals surface area contributed by atoms with Gasteiger partial charge < -0.3 is 20.6 Å². The van der Waals surface area contributed by atoms with E-state index in [1.165, 1.54) is 308 Å². The van der Waals surface area contributed by atoms with E-state index in [0.717, 1.165) is 32.1 Å². The van der Waals surface area contributed by atoms with Crippen molar-refractivity contribution in [3.8, 4) is 0 Å². The second-order valence-corrected chi connectivity index (χ2v) is 23.1. The Morgan fingerprint density at radius 1 is 0.347 bits per heavy atom. The van der Waals surface area contributed by atoms with Crippen LogP contribution in [0.1, 0.15) is 373 Å². The first-order chi connectivity index (χ1) is 35.5. The van der Waals surface area contributed by atoms with E-state index in [2.05, 4.69) is 43.5 Å².